The molecule has 1 aliphatic heterocycles. The first kappa shape index (κ1) is 16.2. The summed E-state index contributed by atoms with van der Waals surface area (Å²) in [6, 6.07) is 3.78. The molecule has 0 aliphatic carbocycles. The Morgan fingerprint density at radius 2 is 1.79 bits per heavy atom. The second-order valence-corrected chi connectivity index (χ2v) is 5.73. The summed E-state index contributed by atoms with van der Waals surface area (Å²) in [5.41, 5.74) is 2.84. The normalized spacial score (nSPS) is 16.4. The van der Waals surface area contributed by atoms with Gasteiger partial charge in [-0.15, -0.1) is 0 Å². The molecule has 24 heavy (non-hydrogen) atoms. The number of aromatic nitrogens is 2. The van der Waals surface area contributed by atoms with E-state index in [2.05, 4.69) is 10.4 Å². The lowest BCUT2D eigenvalue weighted by Crippen LogP contribution is -2.24. The molecule has 1 atom stereocenters. The Kier molecular flexibility index (Phi) is 4.09. The fourth-order valence-corrected chi connectivity index (χ4v) is 3.30. The van der Waals surface area contributed by atoms with Gasteiger partial charge in [0.1, 0.15) is 5.82 Å². The van der Waals surface area contributed by atoms with Crippen LogP contribution in [-0.2, 0) is 11.8 Å². The van der Waals surface area contributed by atoms with Crippen molar-refractivity contribution in [2.75, 3.05) is 26.6 Å². The van der Waals surface area contributed by atoms with E-state index in [0.717, 1.165) is 22.6 Å². The summed E-state index contributed by atoms with van der Waals surface area (Å²) in [7, 11) is 6.55. The fraction of sp³-hybridized carbons (Fsp3) is 0.412. The van der Waals surface area contributed by atoms with E-state index in [9.17, 15) is 4.79 Å². The third-order valence-corrected chi connectivity index (χ3v) is 4.35. The second kappa shape index (κ2) is 6.07. The molecule has 0 radical (unpaired) electrons. The van der Waals surface area contributed by atoms with Gasteiger partial charge >= 0.3 is 0 Å². The Balaban J connectivity index is 2.18. The molecule has 2 aromatic rings. The largest absolute Gasteiger partial charge is 0.493 e. The number of benzene rings is 1. The predicted octanol–water partition coefficient (Wildman–Crippen LogP) is 2.23. The zero-order valence-electron chi connectivity index (χ0n) is 14.5. The highest BCUT2D eigenvalue weighted by molar-refractivity contribution is 5.94. The number of anilines is 1. The smallest absolute Gasteiger partial charge is 0.226 e. The molecule has 0 spiro atoms. The minimum Gasteiger partial charge on any atom is -0.493 e. The number of aryl methyl sites for hydroxylation is 2. The van der Waals surface area contributed by atoms with Gasteiger partial charge in [0.05, 0.1) is 27.0 Å². The molecule has 0 saturated carbocycles. The Labute approximate surface area is 140 Å². The summed E-state index contributed by atoms with van der Waals surface area (Å²) in [6.07, 6.45) is 0.345. The maximum atomic E-state index is 12.2. The lowest BCUT2D eigenvalue weighted by atomic mass is 9.85. The van der Waals surface area contributed by atoms with Gasteiger partial charge in [-0.25, -0.2) is 0 Å². The van der Waals surface area contributed by atoms with Crippen LogP contribution in [0.5, 0.6) is 17.2 Å². The molecule has 0 saturated heterocycles. The average Bonchev–Trinajstić information content (AvgIpc) is 2.86. The van der Waals surface area contributed by atoms with Crippen molar-refractivity contribution in [3.8, 4) is 17.2 Å². The SMILES string of the molecule is COc1cc(C2CC(=O)Nc3c2c(C)nn3C)cc(OC)c1OC. The van der Waals surface area contributed by atoms with Gasteiger partial charge in [-0.05, 0) is 24.6 Å². The molecule has 7 nitrogen and oxygen atoms in total. The molecule has 0 fully saturated rings. The molecule has 128 valence electrons. The van der Waals surface area contributed by atoms with Gasteiger partial charge in [-0.3, -0.25) is 9.48 Å². The number of hydrogen-bond donors (Lipinski definition) is 1. The van der Waals surface area contributed by atoms with E-state index in [0.29, 0.717) is 23.7 Å². The van der Waals surface area contributed by atoms with Crippen molar-refractivity contribution in [3.63, 3.8) is 0 Å². The van der Waals surface area contributed by atoms with E-state index >= 15 is 0 Å². The minimum atomic E-state index is -0.115. The van der Waals surface area contributed by atoms with E-state index in [1.54, 1.807) is 26.0 Å². The zero-order valence-corrected chi connectivity index (χ0v) is 14.5. The van der Waals surface area contributed by atoms with Crippen LogP contribution < -0.4 is 19.5 Å². The molecule has 1 aliphatic rings. The summed E-state index contributed by atoms with van der Waals surface area (Å²) in [5, 5.41) is 7.34. The van der Waals surface area contributed by atoms with Crippen LogP contribution in [0.15, 0.2) is 12.1 Å². The maximum absolute atomic E-state index is 12.2. The van der Waals surface area contributed by atoms with E-state index in [-0.39, 0.29) is 11.8 Å². The molecule has 1 aromatic heterocycles. The van der Waals surface area contributed by atoms with Crippen LogP contribution in [-0.4, -0.2) is 37.0 Å². The first-order valence-electron chi connectivity index (χ1n) is 7.63. The molecule has 0 bridgehead atoms. The highest BCUT2D eigenvalue weighted by Crippen LogP contribution is 2.45. The number of nitrogens with one attached hydrogen (secondary N) is 1. The second-order valence-electron chi connectivity index (χ2n) is 5.73. The van der Waals surface area contributed by atoms with Gasteiger partial charge < -0.3 is 19.5 Å². The quantitative estimate of drug-likeness (QED) is 0.930. The van der Waals surface area contributed by atoms with Crippen LogP contribution in [0.1, 0.15) is 29.2 Å². The molecule has 1 unspecified atom stereocenters. The number of ether oxygens (including phenoxy) is 3. The zero-order chi connectivity index (χ0) is 17.4. The van der Waals surface area contributed by atoms with Gasteiger partial charge in [-0.1, -0.05) is 0 Å². The lowest BCUT2D eigenvalue weighted by Gasteiger charge is -2.25. The molecular weight excluding hydrogens is 310 g/mol. The third-order valence-electron chi connectivity index (χ3n) is 4.35. The first-order valence-corrected chi connectivity index (χ1v) is 7.63. The van der Waals surface area contributed by atoms with Crippen LogP contribution in [0.25, 0.3) is 0 Å². The number of carbonyl (C=O) groups excluding carboxylic acids is 1. The van der Waals surface area contributed by atoms with Crippen LogP contribution in [0.3, 0.4) is 0 Å². The molecule has 1 amide bonds. The number of carbonyl (C=O) groups is 1. The van der Waals surface area contributed by atoms with Crippen molar-refractivity contribution >= 4 is 11.7 Å². The van der Waals surface area contributed by atoms with Crippen LogP contribution in [0.4, 0.5) is 5.82 Å². The van der Waals surface area contributed by atoms with E-state index in [4.69, 9.17) is 14.2 Å². The summed E-state index contributed by atoms with van der Waals surface area (Å²) in [5.74, 6) is 2.26. The van der Waals surface area contributed by atoms with Gasteiger partial charge in [0.25, 0.3) is 0 Å². The van der Waals surface area contributed by atoms with Crippen LogP contribution >= 0.6 is 0 Å². The molecule has 1 N–H and O–H groups in total. The molecule has 3 rings (SSSR count). The third kappa shape index (κ3) is 2.46. The lowest BCUT2D eigenvalue weighted by molar-refractivity contribution is -0.116. The van der Waals surface area contributed by atoms with Gasteiger partial charge in [-0.2, -0.15) is 5.10 Å². The van der Waals surface area contributed by atoms with E-state index < -0.39 is 0 Å². The Morgan fingerprint density at radius 1 is 1.17 bits per heavy atom. The van der Waals surface area contributed by atoms with E-state index in [1.807, 2.05) is 26.1 Å². The number of fused-ring (bicyclic) bond motifs is 1. The Hall–Kier alpha value is -2.70. The number of methoxy groups -OCH3 is 3. The van der Waals surface area contributed by atoms with Crippen molar-refractivity contribution in [1.82, 2.24) is 9.78 Å². The molecule has 7 heteroatoms. The summed E-state index contributed by atoms with van der Waals surface area (Å²) >= 11 is 0. The highest BCUT2D eigenvalue weighted by Gasteiger charge is 2.32. The molecular formula is C17H21N3O4. The van der Waals surface area contributed by atoms with Crippen molar-refractivity contribution < 1.29 is 19.0 Å². The van der Waals surface area contributed by atoms with Gasteiger partial charge in [0.2, 0.25) is 11.7 Å². The maximum Gasteiger partial charge on any atom is 0.226 e. The molecule has 1 aromatic carbocycles. The predicted molar refractivity (Wildman–Crippen MR) is 89.1 cm³/mol. The number of nitrogens with zero attached hydrogens (tertiary/aromatic N) is 2. The topological polar surface area (TPSA) is 74.6 Å². The average molecular weight is 331 g/mol. The summed E-state index contributed by atoms with van der Waals surface area (Å²) < 4.78 is 17.9. The first-order chi connectivity index (χ1) is 11.5. The number of amides is 1. The monoisotopic (exact) mass is 331 g/mol. The van der Waals surface area contributed by atoms with Gasteiger partial charge in [0, 0.05) is 24.9 Å². The Bertz CT molecular complexity index is 772. The standard InChI is InChI=1S/C17H21N3O4/c1-9-15-11(8-14(21)18-17(15)20(2)19-9)10-6-12(22-3)16(24-5)13(7-10)23-4/h6-7,11H,8H2,1-5H3,(H,18,21). The van der Waals surface area contributed by atoms with Crippen molar-refractivity contribution in [2.45, 2.75) is 19.3 Å². The van der Waals surface area contributed by atoms with Crippen molar-refractivity contribution in [1.29, 1.82) is 0 Å². The van der Waals surface area contributed by atoms with E-state index in [1.165, 1.54) is 0 Å². The highest BCUT2D eigenvalue weighted by atomic mass is 16.5. The summed E-state index contributed by atoms with van der Waals surface area (Å²) in [4.78, 5) is 12.2. The number of hydrogen-bond acceptors (Lipinski definition) is 5. The van der Waals surface area contributed by atoms with Crippen LogP contribution in [0, 0.1) is 6.92 Å². The fourth-order valence-electron chi connectivity index (χ4n) is 3.30. The van der Waals surface area contributed by atoms with Crippen LogP contribution in [0.2, 0.25) is 0 Å². The summed E-state index contributed by atoms with van der Waals surface area (Å²) in [6.45, 7) is 1.95. The van der Waals surface area contributed by atoms with Crippen molar-refractivity contribution in [3.05, 3.63) is 29.0 Å². The number of rotatable bonds is 4. The molecule has 2 heterocycles. The Morgan fingerprint density at radius 3 is 2.33 bits per heavy atom. The van der Waals surface area contributed by atoms with Crippen molar-refractivity contribution in [2.24, 2.45) is 7.05 Å². The minimum absolute atomic E-state index is 0.0377. The van der Waals surface area contributed by atoms with Gasteiger partial charge in [0.15, 0.2) is 11.5 Å².